The van der Waals surface area contributed by atoms with E-state index in [0.29, 0.717) is 50.7 Å². The van der Waals surface area contributed by atoms with Crippen LogP contribution in [0.25, 0.3) is 0 Å². The number of aliphatic hydroxyl groups excluding tert-OH is 2. The highest BCUT2D eigenvalue weighted by molar-refractivity contribution is 5.78. The van der Waals surface area contributed by atoms with Crippen LogP contribution in [-0.2, 0) is 25.4 Å². The number of carbonyl (C=O) groups is 1. The monoisotopic (exact) mass is 691 g/mol. The molecule has 0 bridgehead atoms. The van der Waals surface area contributed by atoms with Crippen molar-refractivity contribution in [1.82, 2.24) is 9.88 Å². The van der Waals surface area contributed by atoms with Gasteiger partial charge in [0.25, 0.3) is 0 Å². The molecule has 11 atom stereocenters. The smallest absolute Gasteiger partial charge is 0.227 e. The summed E-state index contributed by atoms with van der Waals surface area (Å²) in [5.41, 5.74) is -0.680. The molecule has 1 unspecified atom stereocenters. The van der Waals surface area contributed by atoms with E-state index in [1.807, 2.05) is 17.0 Å². The predicted molar refractivity (Wildman–Crippen MR) is 186 cm³/mol. The van der Waals surface area contributed by atoms with E-state index in [9.17, 15) is 20.1 Å². The molecule has 0 aromatic carbocycles. The number of rotatable bonds is 6. The van der Waals surface area contributed by atoms with Crippen molar-refractivity contribution in [2.75, 3.05) is 19.7 Å². The number of morpholine rings is 1. The topological polar surface area (TPSA) is 122 Å². The summed E-state index contributed by atoms with van der Waals surface area (Å²) in [6.07, 6.45) is 10.9. The van der Waals surface area contributed by atoms with Gasteiger partial charge in [-0.3, -0.25) is 9.78 Å². The molecule has 3 radical (unpaired) electrons. The van der Waals surface area contributed by atoms with Gasteiger partial charge in [-0.25, -0.2) is 0 Å². The van der Waals surface area contributed by atoms with Crippen molar-refractivity contribution < 1.29 is 34.3 Å². The number of hydrogen-bond donors (Lipinski definition) is 3. The summed E-state index contributed by atoms with van der Waals surface area (Å²) in [6, 6.07) is 3.81. The lowest BCUT2D eigenvalue weighted by atomic mass is 9.41. The Bertz CT molecular complexity index is 1470. The Morgan fingerprint density at radius 2 is 1.96 bits per heavy atom. The van der Waals surface area contributed by atoms with Gasteiger partial charge in [-0.2, -0.15) is 0 Å². The molecule has 8 rings (SSSR count). The van der Waals surface area contributed by atoms with Crippen molar-refractivity contribution in [1.29, 1.82) is 0 Å². The molecule has 1 aromatic rings. The fourth-order valence-corrected chi connectivity index (χ4v) is 13.1. The maximum Gasteiger partial charge on any atom is 0.227 e. The second kappa shape index (κ2) is 11.7. The van der Waals surface area contributed by atoms with E-state index in [4.69, 9.17) is 14.2 Å². The Morgan fingerprint density at radius 1 is 1.18 bits per heavy atom. The van der Waals surface area contributed by atoms with E-state index in [2.05, 4.69) is 39.6 Å². The van der Waals surface area contributed by atoms with Crippen LogP contribution >= 0.6 is 0 Å². The van der Waals surface area contributed by atoms with Crippen LogP contribution in [0.3, 0.4) is 0 Å². The number of fused-ring (bicyclic) bond motifs is 4. The van der Waals surface area contributed by atoms with Crippen LogP contribution < -0.4 is 0 Å². The summed E-state index contributed by atoms with van der Waals surface area (Å²) in [6.45, 7) is 16.5. The van der Waals surface area contributed by atoms with E-state index in [1.54, 1.807) is 32.2 Å². The van der Waals surface area contributed by atoms with Crippen molar-refractivity contribution in [2.45, 2.75) is 136 Å². The molecule has 3 heterocycles. The fraction of sp³-hybridized carbons (Fsp3) is 0.780. The third kappa shape index (κ3) is 4.85. The zero-order valence-corrected chi connectivity index (χ0v) is 31.2. The molecule has 275 valence electrons. The lowest BCUT2D eigenvalue weighted by molar-refractivity contribution is -0.242. The number of carbonyl (C=O) groups excluding carboxylic acids is 1. The first kappa shape index (κ1) is 35.4. The first-order valence-corrected chi connectivity index (χ1v) is 19.3. The van der Waals surface area contributed by atoms with E-state index in [0.717, 1.165) is 44.1 Å². The van der Waals surface area contributed by atoms with Gasteiger partial charge in [0.1, 0.15) is 18.3 Å². The highest BCUT2D eigenvalue weighted by Crippen LogP contribution is 2.90. The average Bonchev–Trinajstić information content (AvgIpc) is 3.70. The minimum absolute atomic E-state index is 0.0426. The maximum absolute atomic E-state index is 13.2. The molecule has 9 nitrogen and oxygen atoms in total. The van der Waals surface area contributed by atoms with Crippen molar-refractivity contribution in [3.05, 3.63) is 48.2 Å². The normalized spacial score (nSPS) is 45.1. The van der Waals surface area contributed by atoms with Gasteiger partial charge in [0.2, 0.25) is 5.91 Å². The maximum atomic E-state index is 13.2. The average molecular weight is 692 g/mol. The number of pyridine rings is 1. The van der Waals surface area contributed by atoms with Crippen LogP contribution in [0.4, 0.5) is 0 Å². The molecule has 7 aliphatic rings. The van der Waals surface area contributed by atoms with Gasteiger partial charge in [-0.15, -0.1) is 0 Å². The van der Waals surface area contributed by atoms with Crippen LogP contribution in [-0.4, -0.2) is 81.0 Å². The molecule has 5 aliphatic carbocycles. The third-order valence-corrected chi connectivity index (χ3v) is 15.7. The van der Waals surface area contributed by atoms with Crippen LogP contribution in [0, 0.1) is 63.0 Å². The summed E-state index contributed by atoms with van der Waals surface area (Å²) >= 11 is 0. The van der Waals surface area contributed by atoms with E-state index in [-0.39, 0.29) is 45.5 Å². The largest absolute Gasteiger partial charge is 0.389 e. The lowest BCUT2D eigenvalue weighted by Crippen LogP contribution is -2.59. The van der Waals surface area contributed by atoms with Crippen LogP contribution in [0.15, 0.2) is 24.5 Å². The fourth-order valence-electron chi connectivity index (χ4n) is 13.1. The molecule has 9 heteroatoms. The quantitative estimate of drug-likeness (QED) is 0.362. The van der Waals surface area contributed by atoms with Crippen molar-refractivity contribution >= 4 is 5.91 Å². The summed E-state index contributed by atoms with van der Waals surface area (Å²) in [5, 5.41) is 34.0. The second-order valence-electron chi connectivity index (χ2n) is 18.9. The lowest BCUT2D eigenvalue weighted by Gasteiger charge is -2.63. The number of nitrogens with zero attached hydrogens (tertiary/aromatic N) is 2. The zero-order chi connectivity index (χ0) is 35.6. The van der Waals surface area contributed by atoms with E-state index < -0.39 is 29.5 Å². The molecule has 2 saturated heterocycles. The molecule has 3 N–H and O–H groups in total. The predicted octanol–water partition coefficient (Wildman–Crippen LogP) is 5.42. The number of amides is 1. The Hall–Kier alpha value is -1.62. The second-order valence-corrected chi connectivity index (χ2v) is 18.9. The number of aromatic nitrogens is 1. The molecule has 1 aromatic heterocycles. The van der Waals surface area contributed by atoms with Crippen LogP contribution in [0.1, 0.15) is 105 Å². The van der Waals surface area contributed by atoms with E-state index >= 15 is 0 Å². The summed E-state index contributed by atoms with van der Waals surface area (Å²) in [5.74, 6) is 2.45. The first-order valence-electron chi connectivity index (χ1n) is 19.3. The Kier molecular flexibility index (Phi) is 8.28. The standard InChI is InChI=1S/C41H59N2O7/c1-24-19-26(34(45)37(4,5)47)49-33-32(24)38(6)14-15-41-23-40(41)13-12-29(36(2,3)27(40)10-11-28(41)39(38,7)35(33)46)50-31-22-43(17-18-48-31)30(44)20-25-9-8-16-42-21-25/h8-9,16,21,24,27,29,31-32,34-35,45-47H,10-15,17-20,22-23H2,1-7H3/t24-,27+,29?,31+,32+,34+,35+,38-,39-,40-,41+/m1/s1. The summed E-state index contributed by atoms with van der Waals surface area (Å²) in [4.78, 5) is 19.2. The molecule has 2 spiro atoms. The molecule has 50 heavy (non-hydrogen) atoms. The molecule has 7 fully saturated rings. The Labute approximate surface area is 298 Å². The minimum Gasteiger partial charge on any atom is -0.389 e. The Balaban J connectivity index is 0.985. The zero-order valence-electron chi connectivity index (χ0n) is 31.2. The van der Waals surface area contributed by atoms with Gasteiger partial charge < -0.3 is 34.4 Å². The molecule has 5 saturated carbocycles. The van der Waals surface area contributed by atoms with Gasteiger partial charge >= 0.3 is 0 Å². The molecular formula is C41H59N2O7. The Morgan fingerprint density at radius 3 is 2.68 bits per heavy atom. The molecular weight excluding hydrogens is 632 g/mol. The molecule has 2 aliphatic heterocycles. The number of aliphatic hydroxyl groups is 3. The SMILES string of the molecule is C[C@@H]1C[C]([C@H](O)C(C)(C)O)O[C]2[C@H]1[C@@]1(C)CC[C@@]34C[C@@]35CCC(O[C@H]3CN(C(=O)Cc6cccnc6)CCO3)C(C)(C)[C@@H]5CC[C]4[C@]1(C)[C@H]2O. The van der Waals surface area contributed by atoms with Crippen LogP contribution in [0.5, 0.6) is 0 Å². The van der Waals surface area contributed by atoms with Crippen molar-refractivity contribution in [2.24, 2.45) is 44.8 Å². The summed E-state index contributed by atoms with van der Waals surface area (Å²) < 4.78 is 19.5. The van der Waals surface area contributed by atoms with Gasteiger partial charge in [-0.1, -0.05) is 40.7 Å². The first-order chi connectivity index (χ1) is 23.5. The number of ether oxygens (including phenoxy) is 3. The van der Waals surface area contributed by atoms with Crippen LogP contribution in [0.2, 0.25) is 0 Å². The van der Waals surface area contributed by atoms with Gasteiger partial charge in [-0.05, 0) is 116 Å². The van der Waals surface area contributed by atoms with Gasteiger partial charge in [0, 0.05) is 30.3 Å². The van der Waals surface area contributed by atoms with Crippen molar-refractivity contribution in [3.8, 4) is 0 Å². The minimum atomic E-state index is -1.32. The molecule has 1 amide bonds. The highest BCUT2D eigenvalue weighted by Gasteiger charge is 2.85. The summed E-state index contributed by atoms with van der Waals surface area (Å²) in [7, 11) is 0. The number of hydrogen-bond acceptors (Lipinski definition) is 8. The van der Waals surface area contributed by atoms with E-state index in [1.165, 1.54) is 6.42 Å². The third-order valence-electron chi connectivity index (χ3n) is 15.7. The highest BCUT2D eigenvalue weighted by atomic mass is 16.7. The van der Waals surface area contributed by atoms with Gasteiger partial charge in [0.05, 0.1) is 37.4 Å². The van der Waals surface area contributed by atoms with Gasteiger partial charge in [0.15, 0.2) is 6.29 Å². The van der Waals surface area contributed by atoms with Crippen molar-refractivity contribution in [3.63, 3.8) is 0 Å².